The second-order valence-corrected chi connectivity index (χ2v) is 10.7. The summed E-state index contributed by atoms with van der Waals surface area (Å²) < 4.78 is 7.93. The van der Waals surface area contributed by atoms with Gasteiger partial charge in [0.05, 0.1) is 63.3 Å². The highest BCUT2D eigenvalue weighted by Gasteiger charge is 2.22. The first-order valence-electron chi connectivity index (χ1n) is 14.9. The second kappa shape index (κ2) is 21.2. The minimum Gasteiger partial charge on any atom is -0.494 e. The second-order valence-electron chi connectivity index (χ2n) is 10.7. The number of aromatic nitrogens is 3. The Hall–Kier alpha value is -7.94. The number of rotatable bonds is 10. The maximum Gasteiger partial charge on any atom is 0.280 e. The lowest BCUT2D eigenvalue weighted by molar-refractivity contribution is 0.413. The Balaban J connectivity index is 0.000000549. The van der Waals surface area contributed by atoms with Crippen LogP contribution in [0.15, 0.2) is 63.6 Å². The minimum atomic E-state index is 0.356. The zero-order chi connectivity index (χ0) is 39.3. The van der Waals surface area contributed by atoms with Crippen LogP contribution in [0.3, 0.4) is 0 Å². The van der Waals surface area contributed by atoms with E-state index in [0.717, 1.165) is 48.3 Å². The fraction of sp³-hybridized carbons (Fsp3) is 0.321. The van der Waals surface area contributed by atoms with Crippen molar-refractivity contribution in [1.29, 1.82) is 10.8 Å². The zero-order valence-electron chi connectivity index (χ0n) is 29.2. The van der Waals surface area contributed by atoms with Crippen LogP contribution in [-0.2, 0) is 6.54 Å². The number of nitrogens with two attached hydrogens (primary N) is 1. The molecule has 0 atom stereocenters. The third-order valence-electron chi connectivity index (χ3n) is 7.26. The number of nitrogens with one attached hydrogen (secondary N) is 2. The summed E-state index contributed by atoms with van der Waals surface area (Å²) in [4.78, 5) is 26.0. The molecule has 25 nitrogen and oxygen atoms in total. The maximum absolute atomic E-state index is 9.87. The lowest BCUT2D eigenvalue weighted by Crippen LogP contribution is -2.29. The number of anilines is 5. The Morgan fingerprint density at radius 3 is 2.19 bits per heavy atom. The van der Waals surface area contributed by atoms with Gasteiger partial charge in [0.25, 0.3) is 10.4 Å². The summed E-state index contributed by atoms with van der Waals surface area (Å²) in [6.45, 7) is 3.51. The van der Waals surface area contributed by atoms with Crippen molar-refractivity contribution in [1.82, 2.24) is 19.4 Å². The van der Waals surface area contributed by atoms with E-state index in [0.29, 0.717) is 34.3 Å². The molecule has 53 heavy (non-hydrogen) atoms. The summed E-state index contributed by atoms with van der Waals surface area (Å²) in [5.41, 5.74) is 54.6. The summed E-state index contributed by atoms with van der Waals surface area (Å²) in [7, 11) is 9.81. The molecule has 2 aromatic heterocycles. The van der Waals surface area contributed by atoms with Crippen LogP contribution in [0.5, 0.6) is 5.75 Å². The number of nitrogens with zero attached hydrogens (tertiary/aromatic N) is 21. The van der Waals surface area contributed by atoms with Crippen LogP contribution >= 0.6 is 0 Å². The standard InChI is InChI=1S/C28H33N9O.2N6.HN3/c1-34(2)9-10-36(4)24-14-25(38-5)22(13-21(24)30)32-28-31-16-18(15-29)26(33-28)20-17-37-12-11-35(3)23-8-6-7-19(20)27(23)37;2*1-3-5-6-4-2;1-3-2/h6-8,13-14,16-17H,9-12,30H2,1-5H3,(H,31,32,33);;;1H. The van der Waals surface area contributed by atoms with Crippen LogP contribution in [0.25, 0.3) is 74.4 Å². The zero-order valence-corrected chi connectivity index (χ0v) is 29.2. The van der Waals surface area contributed by atoms with Gasteiger partial charge in [0.15, 0.2) is 0 Å². The van der Waals surface area contributed by atoms with Crippen LogP contribution in [-0.4, -0.2) is 74.4 Å². The molecule has 0 aliphatic carbocycles. The average Bonchev–Trinajstić information content (AvgIpc) is 3.54. The van der Waals surface area contributed by atoms with Gasteiger partial charge in [-0.1, -0.05) is 23.2 Å². The summed E-state index contributed by atoms with van der Waals surface area (Å²) in [5.74, 6) is 0.977. The molecule has 1 aliphatic heterocycles. The van der Waals surface area contributed by atoms with E-state index in [1.165, 1.54) is 5.69 Å². The SMILES string of the molecule is COc1cc(N(C)CCN(C)C)c(N)cc1Nc1ncc(C#N)c(-c2cn3c4c(cccc24)N(C)CC3)n1.[N-]=[N+]=N.[N-]=[N+]=NN=[N+]=[N-].[N-]=[N+]=NN=[N+]=[N-]. The molecule has 0 fully saturated rings. The van der Waals surface area contributed by atoms with Crippen LogP contribution < -0.4 is 25.6 Å². The van der Waals surface area contributed by atoms with E-state index < -0.39 is 0 Å². The molecule has 4 N–H and O–H groups in total. The molecule has 0 spiro atoms. The molecule has 0 saturated carbocycles. The van der Waals surface area contributed by atoms with Crippen molar-refractivity contribution in [2.24, 2.45) is 20.9 Å². The van der Waals surface area contributed by atoms with Gasteiger partial charge in [-0.2, -0.15) is 15.1 Å². The van der Waals surface area contributed by atoms with E-state index in [1.807, 2.05) is 39.3 Å². The maximum atomic E-state index is 9.87. The fourth-order valence-electron chi connectivity index (χ4n) is 4.97. The lowest BCUT2D eigenvalue weighted by Gasteiger charge is -2.26. The van der Waals surface area contributed by atoms with E-state index >= 15 is 0 Å². The number of hydrogen-bond acceptors (Lipinski definition) is 10. The van der Waals surface area contributed by atoms with E-state index in [-0.39, 0.29) is 0 Å². The van der Waals surface area contributed by atoms with Gasteiger partial charge in [0.2, 0.25) is 5.95 Å². The highest BCUT2D eigenvalue weighted by molar-refractivity contribution is 6.03. The van der Waals surface area contributed by atoms with Gasteiger partial charge in [-0.15, -0.1) is 16.6 Å². The van der Waals surface area contributed by atoms with Gasteiger partial charge in [0, 0.05) is 73.3 Å². The summed E-state index contributed by atoms with van der Waals surface area (Å²) in [6, 6.07) is 12.3. The van der Waals surface area contributed by atoms with E-state index in [9.17, 15) is 5.26 Å². The fourth-order valence-corrected chi connectivity index (χ4v) is 4.97. The molecule has 5 rings (SSSR count). The topological polar surface area (TPSA) is 367 Å². The van der Waals surface area contributed by atoms with Gasteiger partial charge < -0.3 is 35.1 Å². The van der Waals surface area contributed by atoms with Crippen LogP contribution in [0.2, 0.25) is 0 Å². The number of azide groups is 4. The Bertz CT molecular complexity index is 2090. The first-order chi connectivity index (χ1) is 25.5. The molecule has 272 valence electrons. The van der Waals surface area contributed by atoms with Crippen LogP contribution in [0.1, 0.15) is 5.56 Å². The number of hydrogen-bond donors (Lipinski definition) is 3. The summed E-state index contributed by atoms with van der Waals surface area (Å²) >= 11 is 0. The monoisotopic (exact) mass is 722 g/mol. The van der Waals surface area contributed by atoms with E-state index in [2.05, 4.69) is 102 Å². The normalized spacial score (nSPS) is 10.2. The third kappa shape index (κ3) is 11.3. The molecule has 3 heterocycles. The Labute approximate surface area is 301 Å². The Kier molecular flexibility index (Phi) is 16.5. The molecule has 0 saturated heterocycles. The Morgan fingerprint density at radius 2 is 1.64 bits per heavy atom. The van der Waals surface area contributed by atoms with Crippen molar-refractivity contribution in [3.05, 3.63) is 101 Å². The molecule has 0 bridgehead atoms. The molecule has 0 unspecified atom stereocenters. The third-order valence-corrected chi connectivity index (χ3v) is 7.26. The van der Waals surface area contributed by atoms with E-state index in [4.69, 9.17) is 48.6 Å². The van der Waals surface area contributed by atoms with Crippen molar-refractivity contribution in [3.8, 4) is 23.1 Å². The van der Waals surface area contributed by atoms with Crippen LogP contribution in [0, 0.1) is 16.9 Å². The highest BCUT2D eigenvalue weighted by atomic mass is 16.5. The molecular formula is C28H34N24O. The molecule has 0 amide bonds. The Morgan fingerprint density at radius 1 is 1.02 bits per heavy atom. The number of para-hydroxylation sites is 1. The number of ether oxygens (including phenoxy) is 1. The summed E-state index contributed by atoms with van der Waals surface area (Å²) in [5, 5.41) is 24.1. The largest absolute Gasteiger partial charge is 0.494 e. The lowest BCUT2D eigenvalue weighted by atomic mass is 10.1. The van der Waals surface area contributed by atoms with Gasteiger partial charge in [0.1, 0.15) is 11.8 Å². The number of likely N-dealkylation sites (N-methyl/N-ethyl adjacent to an activating group) is 3. The van der Waals surface area contributed by atoms with Gasteiger partial charge in [-0.05, 0) is 36.7 Å². The summed E-state index contributed by atoms with van der Waals surface area (Å²) in [6.07, 6.45) is 3.65. The molecule has 4 aromatic rings. The first-order valence-corrected chi connectivity index (χ1v) is 14.9. The van der Waals surface area contributed by atoms with Crippen molar-refractivity contribution in [2.45, 2.75) is 6.54 Å². The van der Waals surface area contributed by atoms with Crippen molar-refractivity contribution in [3.63, 3.8) is 0 Å². The van der Waals surface area contributed by atoms with Crippen molar-refractivity contribution in [2.75, 3.05) is 75.8 Å². The average molecular weight is 723 g/mol. The van der Waals surface area contributed by atoms with Gasteiger partial charge in [-0.25, -0.2) is 9.97 Å². The van der Waals surface area contributed by atoms with Crippen molar-refractivity contribution < 1.29 is 4.74 Å². The quantitative estimate of drug-likeness (QED) is 0.0474. The molecular weight excluding hydrogens is 688 g/mol. The van der Waals surface area contributed by atoms with E-state index in [1.54, 1.807) is 18.2 Å². The number of methoxy groups -OCH3 is 1. The van der Waals surface area contributed by atoms with Gasteiger partial charge >= 0.3 is 0 Å². The predicted molar refractivity (Wildman–Crippen MR) is 199 cm³/mol. The number of nitrogen functional groups attached to an aromatic ring is 1. The molecule has 0 radical (unpaired) electrons. The first kappa shape index (κ1) is 41.2. The predicted octanol–water partition coefficient (Wildman–Crippen LogP) is 7.67. The molecule has 1 aliphatic rings. The number of nitriles is 1. The van der Waals surface area contributed by atoms with Crippen molar-refractivity contribution >= 4 is 39.6 Å². The number of benzene rings is 2. The molecule has 25 heteroatoms. The highest BCUT2D eigenvalue weighted by Crippen LogP contribution is 2.39. The minimum absolute atomic E-state index is 0.356. The van der Waals surface area contributed by atoms with Gasteiger partial charge in [-0.3, -0.25) is 0 Å². The molecule has 2 aromatic carbocycles. The van der Waals surface area contributed by atoms with Crippen LogP contribution in [0.4, 0.5) is 28.7 Å². The smallest absolute Gasteiger partial charge is 0.280 e.